The van der Waals surface area contributed by atoms with Crippen LogP contribution >= 0.6 is 0 Å². The van der Waals surface area contributed by atoms with Gasteiger partial charge in [0.15, 0.2) is 0 Å². The molecule has 1 fully saturated rings. The van der Waals surface area contributed by atoms with Gasteiger partial charge in [-0.05, 0) is 32.5 Å². The molecular formula is C7H15N2-. The Balaban J connectivity index is 2.22. The molecule has 0 amide bonds. The molecule has 1 aliphatic heterocycles. The van der Waals surface area contributed by atoms with Crippen LogP contribution in [0.15, 0.2) is 0 Å². The van der Waals surface area contributed by atoms with Crippen LogP contribution in [-0.4, -0.2) is 38.1 Å². The van der Waals surface area contributed by atoms with E-state index in [9.17, 15) is 0 Å². The van der Waals surface area contributed by atoms with Crippen LogP contribution in [0, 0.1) is 0 Å². The zero-order valence-corrected chi connectivity index (χ0v) is 6.30. The van der Waals surface area contributed by atoms with Gasteiger partial charge >= 0.3 is 0 Å². The Morgan fingerprint density at radius 2 is 2.44 bits per heavy atom. The van der Waals surface area contributed by atoms with Gasteiger partial charge in [-0.1, -0.05) is 0 Å². The molecule has 54 valence electrons. The number of rotatable bonds is 2. The van der Waals surface area contributed by atoms with Crippen molar-refractivity contribution in [3.63, 3.8) is 0 Å². The highest BCUT2D eigenvalue weighted by atomic mass is 15.2. The minimum absolute atomic E-state index is 0.745. The highest BCUT2D eigenvalue weighted by Gasteiger charge is 2.15. The zero-order chi connectivity index (χ0) is 6.69. The van der Waals surface area contributed by atoms with E-state index in [-0.39, 0.29) is 0 Å². The summed E-state index contributed by atoms with van der Waals surface area (Å²) in [7, 11) is 4.08. The summed E-state index contributed by atoms with van der Waals surface area (Å²) in [5.41, 5.74) is 0. The van der Waals surface area contributed by atoms with Crippen molar-refractivity contribution >= 4 is 0 Å². The molecule has 2 heteroatoms. The van der Waals surface area contributed by atoms with Crippen LogP contribution in [0.25, 0.3) is 5.32 Å². The molecular weight excluding hydrogens is 112 g/mol. The summed E-state index contributed by atoms with van der Waals surface area (Å²) < 4.78 is 0. The van der Waals surface area contributed by atoms with Gasteiger partial charge in [-0.3, -0.25) is 0 Å². The topological polar surface area (TPSA) is 17.3 Å². The van der Waals surface area contributed by atoms with Crippen molar-refractivity contribution in [1.82, 2.24) is 4.90 Å². The average Bonchev–Trinajstić information content (AvgIpc) is 2.18. The lowest BCUT2D eigenvalue weighted by molar-refractivity contribution is 0.324. The number of likely N-dealkylation sites (N-methyl/N-ethyl adjacent to an activating group) is 2. The van der Waals surface area contributed by atoms with E-state index < -0.39 is 0 Å². The van der Waals surface area contributed by atoms with Crippen molar-refractivity contribution in [3.8, 4) is 0 Å². The molecule has 1 saturated heterocycles. The van der Waals surface area contributed by atoms with Crippen LogP contribution in [0.5, 0.6) is 0 Å². The molecule has 0 aromatic rings. The van der Waals surface area contributed by atoms with Gasteiger partial charge in [0, 0.05) is 0 Å². The van der Waals surface area contributed by atoms with Crippen molar-refractivity contribution in [2.75, 3.05) is 27.2 Å². The monoisotopic (exact) mass is 127 g/mol. The lowest BCUT2D eigenvalue weighted by Gasteiger charge is -2.25. The van der Waals surface area contributed by atoms with Crippen LogP contribution in [0.2, 0.25) is 0 Å². The fourth-order valence-corrected chi connectivity index (χ4v) is 1.42. The first-order valence-corrected chi connectivity index (χ1v) is 3.60. The van der Waals surface area contributed by atoms with Gasteiger partial charge in [0.05, 0.1) is 0 Å². The summed E-state index contributed by atoms with van der Waals surface area (Å²) in [5.74, 6) is 0. The summed E-state index contributed by atoms with van der Waals surface area (Å²) >= 11 is 0. The minimum atomic E-state index is 0.745. The molecule has 1 aliphatic rings. The van der Waals surface area contributed by atoms with Crippen molar-refractivity contribution in [3.05, 3.63) is 5.32 Å². The lowest BCUT2D eigenvalue weighted by atomic mass is 10.2. The van der Waals surface area contributed by atoms with Gasteiger partial charge in [-0.2, -0.15) is 7.05 Å². The first-order valence-electron chi connectivity index (χ1n) is 3.60. The van der Waals surface area contributed by atoms with Gasteiger partial charge in [0.2, 0.25) is 0 Å². The van der Waals surface area contributed by atoms with E-state index in [0.717, 1.165) is 12.6 Å². The Kier molecular flexibility index (Phi) is 2.49. The number of hydrogen-bond donors (Lipinski definition) is 0. The maximum atomic E-state index is 4.13. The Labute approximate surface area is 57.2 Å². The molecule has 0 aromatic heterocycles. The standard InChI is InChI=1S/C7H15N2/c1-8-6-7-4-3-5-9(7)2/h7H,3-6H2,1-2H3/q-1. The van der Waals surface area contributed by atoms with Crippen LogP contribution in [0.4, 0.5) is 0 Å². The molecule has 1 unspecified atom stereocenters. The molecule has 0 N–H and O–H groups in total. The van der Waals surface area contributed by atoms with Gasteiger partial charge in [-0.15, -0.1) is 6.54 Å². The van der Waals surface area contributed by atoms with Crippen LogP contribution < -0.4 is 0 Å². The molecule has 1 rings (SSSR count). The van der Waals surface area contributed by atoms with E-state index in [1.165, 1.54) is 19.4 Å². The molecule has 0 radical (unpaired) electrons. The predicted molar refractivity (Wildman–Crippen MR) is 39.8 cm³/mol. The van der Waals surface area contributed by atoms with Crippen molar-refractivity contribution in [2.24, 2.45) is 0 Å². The molecule has 0 bridgehead atoms. The highest BCUT2D eigenvalue weighted by Crippen LogP contribution is 2.15. The molecule has 0 saturated carbocycles. The zero-order valence-electron chi connectivity index (χ0n) is 6.30. The molecule has 1 atom stereocenters. The second-order valence-electron chi connectivity index (χ2n) is 2.78. The second-order valence-corrected chi connectivity index (χ2v) is 2.78. The second kappa shape index (κ2) is 3.18. The number of nitrogens with zero attached hydrogens (tertiary/aromatic N) is 2. The van der Waals surface area contributed by atoms with Crippen molar-refractivity contribution in [1.29, 1.82) is 0 Å². The van der Waals surface area contributed by atoms with E-state index in [1.807, 2.05) is 7.05 Å². The Morgan fingerprint density at radius 3 is 2.89 bits per heavy atom. The maximum absolute atomic E-state index is 4.13. The van der Waals surface area contributed by atoms with E-state index >= 15 is 0 Å². The van der Waals surface area contributed by atoms with Crippen LogP contribution in [-0.2, 0) is 0 Å². The van der Waals surface area contributed by atoms with Gasteiger partial charge in [0.1, 0.15) is 0 Å². The van der Waals surface area contributed by atoms with Gasteiger partial charge in [0.25, 0.3) is 0 Å². The van der Waals surface area contributed by atoms with E-state index in [4.69, 9.17) is 0 Å². The third kappa shape index (κ3) is 1.66. The molecule has 0 aliphatic carbocycles. The molecule has 0 spiro atoms. The van der Waals surface area contributed by atoms with E-state index in [0.29, 0.717) is 0 Å². The van der Waals surface area contributed by atoms with Gasteiger partial charge < -0.3 is 10.2 Å². The Morgan fingerprint density at radius 1 is 1.67 bits per heavy atom. The molecule has 0 aromatic carbocycles. The third-order valence-corrected chi connectivity index (χ3v) is 2.06. The predicted octanol–water partition coefficient (Wildman–Crippen LogP) is 1.08. The van der Waals surface area contributed by atoms with E-state index in [2.05, 4.69) is 17.3 Å². The number of hydrogen-bond acceptors (Lipinski definition) is 1. The quantitative estimate of drug-likeness (QED) is 0.542. The fourth-order valence-electron chi connectivity index (χ4n) is 1.42. The molecule has 1 heterocycles. The van der Waals surface area contributed by atoms with Crippen molar-refractivity contribution < 1.29 is 0 Å². The van der Waals surface area contributed by atoms with Crippen molar-refractivity contribution in [2.45, 2.75) is 18.9 Å². The first-order chi connectivity index (χ1) is 4.34. The minimum Gasteiger partial charge on any atom is -0.664 e. The highest BCUT2D eigenvalue weighted by molar-refractivity contribution is 4.86. The SMILES string of the molecule is C[N-]CC1CCCN1C. The fraction of sp³-hybridized carbons (Fsp3) is 1.00. The van der Waals surface area contributed by atoms with Gasteiger partial charge in [-0.25, -0.2) is 0 Å². The summed E-state index contributed by atoms with van der Waals surface area (Å²) in [6.07, 6.45) is 2.70. The largest absolute Gasteiger partial charge is 0.664 e. The Hall–Kier alpha value is -0.0800. The van der Waals surface area contributed by atoms with E-state index in [1.54, 1.807) is 0 Å². The summed E-state index contributed by atoms with van der Waals surface area (Å²) in [4.78, 5) is 2.40. The maximum Gasteiger partial charge on any atom is -0.00190 e. The molecule has 2 nitrogen and oxygen atoms in total. The smallest absolute Gasteiger partial charge is 0.00190 e. The Bertz CT molecular complexity index is 83.0. The summed E-state index contributed by atoms with van der Waals surface area (Å²) in [6.45, 7) is 2.29. The third-order valence-electron chi connectivity index (χ3n) is 2.06. The summed E-state index contributed by atoms with van der Waals surface area (Å²) in [5, 5.41) is 4.13. The normalized spacial score (nSPS) is 29.3. The van der Waals surface area contributed by atoms with Crippen LogP contribution in [0.1, 0.15) is 12.8 Å². The lowest BCUT2D eigenvalue weighted by Crippen LogP contribution is -2.27. The summed E-state index contributed by atoms with van der Waals surface area (Å²) in [6, 6.07) is 0.745. The number of likely N-dealkylation sites (tertiary alicyclic amines) is 1. The molecule has 9 heavy (non-hydrogen) atoms. The average molecular weight is 127 g/mol. The van der Waals surface area contributed by atoms with Crippen LogP contribution in [0.3, 0.4) is 0 Å². The first kappa shape index (κ1) is 7.03.